The summed E-state index contributed by atoms with van der Waals surface area (Å²) in [6.07, 6.45) is 2.44. The van der Waals surface area contributed by atoms with Crippen LogP contribution in [0.4, 0.5) is 0 Å². The van der Waals surface area contributed by atoms with E-state index in [0.717, 1.165) is 43.9 Å². The van der Waals surface area contributed by atoms with E-state index in [-0.39, 0.29) is 41.8 Å². The normalized spacial score (nSPS) is 14.8. The number of nitrogens with one attached hydrogen (secondary N) is 2. The number of aliphatic imine (C=N–C) groups is 1. The van der Waals surface area contributed by atoms with Crippen LogP contribution in [0.2, 0.25) is 0 Å². The van der Waals surface area contributed by atoms with Crippen molar-refractivity contribution < 1.29 is 14.3 Å². The molecular formula is C20H31IN4O3. The van der Waals surface area contributed by atoms with Crippen molar-refractivity contribution in [1.82, 2.24) is 15.5 Å². The van der Waals surface area contributed by atoms with E-state index >= 15 is 0 Å². The number of methoxy groups -OCH3 is 1. The number of carbonyl (C=O) groups is 2. The second-order valence-corrected chi connectivity index (χ2v) is 6.64. The number of ether oxygens (including phenoxy) is 1. The number of esters is 1. The standard InChI is InChI=1S/C20H30N4O3.HI/c1-4-10-22-18(25)17-7-5-6-15(13-17)14-23-20(21-2)24-11-8-16(9-12-24)19(26)27-3;/h5-7,13,16H,4,8-12,14H2,1-3H3,(H,21,23)(H,22,25);1H. The van der Waals surface area contributed by atoms with Gasteiger partial charge in [-0.2, -0.15) is 0 Å². The van der Waals surface area contributed by atoms with Crippen molar-refractivity contribution in [2.75, 3.05) is 33.8 Å². The van der Waals surface area contributed by atoms with Crippen molar-refractivity contribution in [3.63, 3.8) is 0 Å². The Labute approximate surface area is 184 Å². The minimum atomic E-state index is -0.129. The lowest BCUT2D eigenvalue weighted by molar-refractivity contribution is -0.146. The van der Waals surface area contributed by atoms with Gasteiger partial charge in [-0.25, -0.2) is 0 Å². The second-order valence-electron chi connectivity index (χ2n) is 6.64. The Balaban J connectivity index is 0.00000392. The molecule has 156 valence electrons. The van der Waals surface area contributed by atoms with Gasteiger partial charge >= 0.3 is 5.97 Å². The maximum Gasteiger partial charge on any atom is 0.308 e. The lowest BCUT2D eigenvalue weighted by Gasteiger charge is -2.33. The zero-order valence-electron chi connectivity index (χ0n) is 16.9. The summed E-state index contributed by atoms with van der Waals surface area (Å²) < 4.78 is 4.84. The predicted octanol–water partition coefficient (Wildman–Crippen LogP) is 2.40. The van der Waals surface area contributed by atoms with Gasteiger partial charge < -0.3 is 20.3 Å². The van der Waals surface area contributed by atoms with Crippen molar-refractivity contribution in [2.45, 2.75) is 32.7 Å². The Bertz CT molecular complexity index is 673. The number of rotatable bonds is 6. The fourth-order valence-corrected chi connectivity index (χ4v) is 3.17. The molecular weight excluding hydrogens is 471 g/mol. The van der Waals surface area contributed by atoms with E-state index in [9.17, 15) is 9.59 Å². The fourth-order valence-electron chi connectivity index (χ4n) is 3.17. The Morgan fingerprint density at radius 3 is 2.57 bits per heavy atom. The molecule has 2 N–H and O–H groups in total. The molecule has 0 saturated carbocycles. The second kappa shape index (κ2) is 12.6. The number of hydrogen-bond donors (Lipinski definition) is 2. The first kappa shape index (κ1) is 24.2. The van der Waals surface area contributed by atoms with Gasteiger partial charge in [-0.1, -0.05) is 19.1 Å². The van der Waals surface area contributed by atoms with E-state index in [4.69, 9.17) is 4.74 Å². The van der Waals surface area contributed by atoms with Crippen LogP contribution in [0.25, 0.3) is 0 Å². The smallest absolute Gasteiger partial charge is 0.308 e. The van der Waals surface area contributed by atoms with Crippen molar-refractivity contribution >= 4 is 41.8 Å². The first-order valence-corrected chi connectivity index (χ1v) is 9.49. The van der Waals surface area contributed by atoms with Gasteiger partial charge in [-0.15, -0.1) is 24.0 Å². The van der Waals surface area contributed by atoms with E-state index in [1.807, 2.05) is 31.2 Å². The Hall–Kier alpha value is -1.84. The lowest BCUT2D eigenvalue weighted by Crippen LogP contribution is -2.46. The van der Waals surface area contributed by atoms with Gasteiger partial charge in [0.15, 0.2) is 5.96 Å². The molecule has 0 bridgehead atoms. The highest BCUT2D eigenvalue weighted by Crippen LogP contribution is 2.18. The summed E-state index contributed by atoms with van der Waals surface area (Å²) in [6.45, 7) is 4.81. The highest BCUT2D eigenvalue weighted by atomic mass is 127. The highest BCUT2D eigenvalue weighted by Gasteiger charge is 2.26. The molecule has 28 heavy (non-hydrogen) atoms. The molecule has 1 aliphatic rings. The number of piperidine rings is 1. The van der Waals surface area contributed by atoms with Crippen LogP contribution >= 0.6 is 24.0 Å². The number of halogens is 1. The fraction of sp³-hybridized carbons (Fsp3) is 0.550. The van der Waals surface area contributed by atoms with Crippen LogP contribution in [0.1, 0.15) is 42.1 Å². The zero-order chi connectivity index (χ0) is 19.6. The summed E-state index contributed by atoms with van der Waals surface area (Å²) in [4.78, 5) is 30.3. The monoisotopic (exact) mass is 502 g/mol. The third kappa shape index (κ3) is 6.96. The molecule has 0 spiro atoms. The van der Waals surface area contributed by atoms with Gasteiger partial charge in [0.25, 0.3) is 5.91 Å². The maximum atomic E-state index is 12.1. The van der Waals surface area contributed by atoms with E-state index in [1.165, 1.54) is 7.11 Å². The molecule has 1 amide bonds. The SMILES string of the molecule is CCCNC(=O)c1cccc(CNC(=NC)N2CCC(C(=O)OC)CC2)c1.I. The number of amides is 1. The third-order valence-corrected chi connectivity index (χ3v) is 4.72. The summed E-state index contributed by atoms with van der Waals surface area (Å²) in [6, 6.07) is 7.60. The van der Waals surface area contributed by atoms with Gasteiger partial charge in [0.1, 0.15) is 0 Å². The zero-order valence-corrected chi connectivity index (χ0v) is 19.2. The summed E-state index contributed by atoms with van der Waals surface area (Å²) in [5, 5.41) is 6.24. The number of carbonyl (C=O) groups excluding carboxylic acids is 2. The molecule has 0 aliphatic carbocycles. The van der Waals surface area contributed by atoms with Gasteiger partial charge in [-0.3, -0.25) is 14.6 Å². The van der Waals surface area contributed by atoms with Crippen LogP contribution in [0, 0.1) is 5.92 Å². The van der Waals surface area contributed by atoms with E-state index in [0.29, 0.717) is 18.7 Å². The van der Waals surface area contributed by atoms with E-state index in [2.05, 4.69) is 20.5 Å². The van der Waals surface area contributed by atoms with Crippen LogP contribution in [0.15, 0.2) is 29.3 Å². The molecule has 1 aliphatic heterocycles. The Kier molecular flexibility index (Phi) is 10.9. The van der Waals surface area contributed by atoms with Crippen molar-refractivity contribution in [1.29, 1.82) is 0 Å². The summed E-state index contributed by atoms with van der Waals surface area (Å²) in [5.74, 6) is 0.602. The topological polar surface area (TPSA) is 83.0 Å². The molecule has 2 rings (SSSR count). The van der Waals surface area contributed by atoms with Crippen LogP contribution in [-0.2, 0) is 16.1 Å². The molecule has 8 heteroatoms. The van der Waals surface area contributed by atoms with Gasteiger partial charge in [0.05, 0.1) is 13.0 Å². The highest BCUT2D eigenvalue weighted by molar-refractivity contribution is 14.0. The summed E-state index contributed by atoms with van der Waals surface area (Å²) in [5.41, 5.74) is 1.68. The van der Waals surface area contributed by atoms with Crippen molar-refractivity contribution in [3.05, 3.63) is 35.4 Å². The summed E-state index contributed by atoms with van der Waals surface area (Å²) >= 11 is 0. The molecule has 0 radical (unpaired) electrons. The van der Waals surface area contributed by atoms with Crippen molar-refractivity contribution in [3.8, 4) is 0 Å². The largest absolute Gasteiger partial charge is 0.469 e. The average Bonchev–Trinajstić information content (AvgIpc) is 2.72. The molecule has 1 aromatic rings. The maximum absolute atomic E-state index is 12.1. The molecule has 1 heterocycles. The van der Waals surface area contributed by atoms with Crippen LogP contribution in [-0.4, -0.2) is 56.5 Å². The summed E-state index contributed by atoms with van der Waals surface area (Å²) in [7, 11) is 3.19. The average molecular weight is 502 g/mol. The number of benzene rings is 1. The minimum Gasteiger partial charge on any atom is -0.469 e. The van der Waals surface area contributed by atoms with Gasteiger partial charge in [-0.05, 0) is 37.0 Å². The molecule has 1 saturated heterocycles. The first-order chi connectivity index (χ1) is 13.1. The third-order valence-electron chi connectivity index (χ3n) is 4.72. The quantitative estimate of drug-likeness (QED) is 0.270. The Morgan fingerprint density at radius 1 is 1.25 bits per heavy atom. The number of hydrogen-bond acceptors (Lipinski definition) is 4. The van der Waals surface area contributed by atoms with Gasteiger partial charge in [0, 0.05) is 38.8 Å². The Morgan fingerprint density at radius 2 is 1.96 bits per heavy atom. The number of guanidine groups is 1. The number of nitrogens with zero attached hydrogens (tertiary/aromatic N) is 2. The van der Waals surface area contributed by atoms with Crippen LogP contribution in [0.5, 0.6) is 0 Å². The number of likely N-dealkylation sites (tertiary alicyclic amines) is 1. The van der Waals surface area contributed by atoms with Crippen LogP contribution < -0.4 is 10.6 Å². The van der Waals surface area contributed by atoms with Crippen molar-refractivity contribution in [2.24, 2.45) is 10.9 Å². The molecule has 1 aromatic carbocycles. The van der Waals surface area contributed by atoms with Gasteiger partial charge in [0.2, 0.25) is 0 Å². The predicted molar refractivity (Wildman–Crippen MR) is 121 cm³/mol. The molecule has 0 atom stereocenters. The minimum absolute atomic E-state index is 0. The van der Waals surface area contributed by atoms with Crippen LogP contribution in [0.3, 0.4) is 0 Å². The molecule has 1 fully saturated rings. The molecule has 0 unspecified atom stereocenters. The lowest BCUT2D eigenvalue weighted by atomic mass is 9.97. The van der Waals surface area contributed by atoms with E-state index < -0.39 is 0 Å². The molecule has 0 aromatic heterocycles. The molecule has 7 nitrogen and oxygen atoms in total. The van der Waals surface area contributed by atoms with E-state index in [1.54, 1.807) is 7.05 Å². The first-order valence-electron chi connectivity index (χ1n) is 9.49.